The minimum absolute atomic E-state index is 0. The molecule has 29 heavy (non-hydrogen) atoms. The molecule has 0 fully saturated rings. The molecule has 0 spiro atoms. The van der Waals surface area contributed by atoms with E-state index in [2.05, 4.69) is 59.4 Å². The highest BCUT2D eigenvalue weighted by Crippen LogP contribution is 2.23. The zero-order valence-electron chi connectivity index (χ0n) is 16.4. The van der Waals surface area contributed by atoms with Gasteiger partial charge in [0.15, 0.2) is 0 Å². The summed E-state index contributed by atoms with van der Waals surface area (Å²) in [5, 5.41) is 0. The van der Waals surface area contributed by atoms with Crippen LogP contribution < -0.4 is 9.64 Å². The number of benzodiazepines with no additional fused rings is 1. The van der Waals surface area contributed by atoms with Crippen LogP contribution in [-0.2, 0) is 6.61 Å². The molecular weight excluding hydrogens is 382 g/mol. The van der Waals surface area contributed by atoms with E-state index in [9.17, 15) is 0 Å². The van der Waals surface area contributed by atoms with E-state index in [1.54, 1.807) is 6.20 Å². The molecule has 4 rings (SSSR count). The van der Waals surface area contributed by atoms with Gasteiger partial charge in [-0.1, -0.05) is 42.5 Å². The van der Waals surface area contributed by atoms with Crippen molar-refractivity contribution in [3.05, 3.63) is 95.8 Å². The number of nitrogens with zero attached hydrogens (tertiary/aromatic N) is 3. The van der Waals surface area contributed by atoms with Gasteiger partial charge in [0.1, 0.15) is 12.4 Å². The minimum Gasteiger partial charge on any atom is -0.489 e. The van der Waals surface area contributed by atoms with Crippen molar-refractivity contribution in [3.63, 3.8) is 0 Å². The number of fused-ring (bicyclic) bond motifs is 1. The molecule has 1 aliphatic rings. The Morgan fingerprint density at radius 1 is 1.03 bits per heavy atom. The first-order valence-electron chi connectivity index (χ1n) is 9.44. The van der Waals surface area contributed by atoms with E-state index in [0.29, 0.717) is 6.61 Å². The maximum absolute atomic E-state index is 5.90. The van der Waals surface area contributed by atoms with Crippen LogP contribution in [0.5, 0.6) is 5.75 Å². The van der Waals surface area contributed by atoms with Gasteiger partial charge in [-0.05, 0) is 35.9 Å². The lowest BCUT2D eigenvalue weighted by Gasteiger charge is -2.18. The maximum Gasteiger partial charge on any atom is 0.120 e. The third kappa shape index (κ3) is 5.24. The summed E-state index contributed by atoms with van der Waals surface area (Å²) in [5.74, 6) is 0.842. The van der Waals surface area contributed by atoms with Crippen molar-refractivity contribution in [1.29, 1.82) is 0 Å². The Hall–Kier alpha value is -3.11. The molecule has 1 aromatic heterocycles. The standard InChI is InChI=1S/C24H23N3O.ClH/c1-27-15-14-26-23(22-9-2-3-10-24(22)27)12-11-19-6-4-8-21(16-19)28-18-20-7-5-13-25-17-20;/h2-13,16-17H,14-15,18H2,1H3;1H/b12-11+;. The number of allylic oxidation sites excluding steroid dienone is 1. The zero-order valence-corrected chi connectivity index (χ0v) is 17.2. The first-order chi connectivity index (χ1) is 13.8. The van der Waals surface area contributed by atoms with Crippen molar-refractivity contribution in [2.75, 3.05) is 25.0 Å². The predicted molar refractivity (Wildman–Crippen MR) is 122 cm³/mol. The van der Waals surface area contributed by atoms with Gasteiger partial charge >= 0.3 is 0 Å². The number of benzene rings is 2. The molecule has 0 saturated carbocycles. The third-order valence-electron chi connectivity index (χ3n) is 4.73. The van der Waals surface area contributed by atoms with Crippen molar-refractivity contribution in [1.82, 2.24) is 4.98 Å². The fraction of sp³-hybridized carbons (Fsp3) is 0.167. The van der Waals surface area contributed by atoms with Crippen LogP contribution in [0.25, 0.3) is 6.08 Å². The van der Waals surface area contributed by atoms with Gasteiger partial charge in [0, 0.05) is 42.8 Å². The number of anilines is 1. The number of rotatable bonds is 5. The maximum atomic E-state index is 5.90. The summed E-state index contributed by atoms with van der Waals surface area (Å²) in [5.41, 5.74) is 5.54. The van der Waals surface area contributed by atoms with Gasteiger partial charge < -0.3 is 9.64 Å². The molecule has 1 aliphatic heterocycles. The lowest BCUT2D eigenvalue weighted by molar-refractivity contribution is 0.305. The second kappa shape index (κ2) is 9.89. The van der Waals surface area contributed by atoms with Gasteiger partial charge in [-0.25, -0.2) is 0 Å². The van der Waals surface area contributed by atoms with Crippen LogP contribution in [0.3, 0.4) is 0 Å². The van der Waals surface area contributed by atoms with E-state index in [4.69, 9.17) is 9.73 Å². The van der Waals surface area contributed by atoms with Crippen molar-refractivity contribution in [2.45, 2.75) is 6.61 Å². The summed E-state index contributed by atoms with van der Waals surface area (Å²) in [6.07, 6.45) is 7.78. The summed E-state index contributed by atoms with van der Waals surface area (Å²) in [7, 11) is 2.12. The smallest absolute Gasteiger partial charge is 0.120 e. The molecule has 2 heterocycles. The molecule has 4 nitrogen and oxygen atoms in total. The predicted octanol–water partition coefficient (Wildman–Crippen LogP) is 5.03. The normalized spacial score (nSPS) is 13.3. The number of likely N-dealkylation sites (N-methyl/N-ethyl adjacent to an activating group) is 1. The summed E-state index contributed by atoms with van der Waals surface area (Å²) in [6.45, 7) is 2.22. The molecule has 0 bridgehead atoms. The fourth-order valence-corrected chi connectivity index (χ4v) is 3.22. The number of pyridine rings is 1. The highest BCUT2D eigenvalue weighted by Gasteiger charge is 2.13. The first kappa shape index (κ1) is 20.6. The molecule has 0 unspecified atom stereocenters. The molecule has 0 radical (unpaired) electrons. The Morgan fingerprint density at radius 2 is 1.93 bits per heavy atom. The molecule has 0 atom stereocenters. The second-order valence-corrected chi connectivity index (χ2v) is 6.76. The quantitative estimate of drug-likeness (QED) is 0.597. The molecule has 0 amide bonds. The van der Waals surface area contributed by atoms with Crippen LogP contribution in [-0.4, -0.2) is 30.8 Å². The summed E-state index contributed by atoms with van der Waals surface area (Å²) in [6, 6.07) is 20.4. The largest absolute Gasteiger partial charge is 0.489 e. The number of ether oxygens (including phenoxy) is 1. The van der Waals surface area contributed by atoms with Gasteiger partial charge in [-0.3, -0.25) is 9.98 Å². The summed E-state index contributed by atoms with van der Waals surface area (Å²) < 4.78 is 5.90. The average molecular weight is 406 g/mol. The molecule has 0 aliphatic carbocycles. The molecule has 2 aromatic carbocycles. The Morgan fingerprint density at radius 3 is 2.79 bits per heavy atom. The monoisotopic (exact) mass is 405 g/mol. The lowest BCUT2D eigenvalue weighted by atomic mass is 10.1. The topological polar surface area (TPSA) is 37.7 Å². The average Bonchev–Trinajstić information content (AvgIpc) is 2.91. The number of hydrogen-bond donors (Lipinski definition) is 0. The molecule has 3 aromatic rings. The van der Waals surface area contributed by atoms with E-state index in [0.717, 1.165) is 35.7 Å². The Kier molecular flexibility index (Phi) is 7.04. The van der Waals surface area contributed by atoms with Crippen molar-refractivity contribution in [2.24, 2.45) is 4.99 Å². The van der Waals surface area contributed by atoms with Crippen LogP contribution in [0.2, 0.25) is 0 Å². The van der Waals surface area contributed by atoms with Crippen LogP contribution in [0.4, 0.5) is 5.69 Å². The van der Waals surface area contributed by atoms with Gasteiger partial charge in [0.2, 0.25) is 0 Å². The van der Waals surface area contributed by atoms with E-state index < -0.39 is 0 Å². The molecule has 148 valence electrons. The summed E-state index contributed by atoms with van der Waals surface area (Å²) in [4.78, 5) is 11.2. The van der Waals surface area contributed by atoms with E-state index in [1.165, 1.54) is 11.3 Å². The van der Waals surface area contributed by atoms with Crippen molar-refractivity contribution in [3.8, 4) is 5.75 Å². The van der Waals surface area contributed by atoms with Gasteiger partial charge in [0.05, 0.1) is 12.3 Å². The zero-order chi connectivity index (χ0) is 19.2. The van der Waals surface area contributed by atoms with Crippen LogP contribution >= 0.6 is 12.4 Å². The van der Waals surface area contributed by atoms with E-state index in [-0.39, 0.29) is 12.4 Å². The highest BCUT2D eigenvalue weighted by molar-refractivity contribution is 6.14. The first-order valence-corrected chi connectivity index (χ1v) is 9.44. The SMILES string of the molecule is CN1CCN=C(/C=C/c2cccc(OCc3cccnc3)c2)c2ccccc21.Cl. The van der Waals surface area contributed by atoms with Gasteiger partial charge in [-0.15, -0.1) is 12.4 Å². The van der Waals surface area contributed by atoms with Gasteiger partial charge in [0.25, 0.3) is 0 Å². The molecule has 0 saturated heterocycles. The molecular formula is C24H24ClN3O. The van der Waals surface area contributed by atoms with E-state index >= 15 is 0 Å². The van der Waals surface area contributed by atoms with E-state index in [1.807, 2.05) is 36.5 Å². The third-order valence-corrected chi connectivity index (χ3v) is 4.73. The Labute approximate surface area is 178 Å². The van der Waals surface area contributed by atoms with Crippen LogP contribution in [0.15, 0.2) is 84.1 Å². The second-order valence-electron chi connectivity index (χ2n) is 6.76. The number of para-hydroxylation sites is 1. The number of aliphatic imine (C=N–C) groups is 1. The van der Waals surface area contributed by atoms with Crippen LogP contribution in [0, 0.1) is 0 Å². The Balaban J connectivity index is 0.00000240. The van der Waals surface area contributed by atoms with Crippen LogP contribution in [0.1, 0.15) is 16.7 Å². The number of halogens is 1. The summed E-state index contributed by atoms with van der Waals surface area (Å²) >= 11 is 0. The molecule has 5 heteroatoms. The fourth-order valence-electron chi connectivity index (χ4n) is 3.22. The van der Waals surface area contributed by atoms with Crippen molar-refractivity contribution >= 4 is 29.9 Å². The van der Waals surface area contributed by atoms with Crippen molar-refractivity contribution < 1.29 is 4.74 Å². The number of hydrogen-bond acceptors (Lipinski definition) is 4. The Bertz CT molecular complexity index is 1000. The van der Waals surface area contributed by atoms with Gasteiger partial charge in [-0.2, -0.15) is 0 Å². The highest BCUT2D eigenvalue weighted by atomic mass is 35.5. The lowest BCUT2D eigenvalue weighted by Crippen LogP contribution is -2.20. The minimum atomic E-state index is 0. The molecule has 0 N–H and O–H groups in total. The number of aromatic nitrogens is 1.